The monoisotopic (exact) mass is 300 g/mol. The summed E-state index contributed by atoms with van der Waals surface area (Å²) in [5, 5.41) is 0. The summed E-state index contributed by atoms with van der Waals surface area (Å²) < 4.78 is 0. The normalized spacial score (nSPS) is 25.5. The van der Waals surface area contributed by atoms with Crippen LogP contribution in [0.4, 0.5) is 0 Å². The molecule has 2 aliphatic rings. The van der Waals surface area contributed by atoms with Crippen molar-refractivity contribution in [2.75, 3.05) is 26.2 Å². The third-order valence-corrected chi connectivity index (χ3v) is 5.42. The molecule has 1 atom stereocenters. The quantitative estimate of drug-likeness (QED) is 0.856. The van der Waals surface area contributed by atoms with Gasteiger partial charge < -0.3 is 4.90 Å². The molecule has 2 aliphatic heterocycles. The highest BCUT2D eigenvalue weighted by atomic mass is 16.2. The Bertz CT molecular complexity index is 554. The maximum Gasteiger partial charge on any atom is 0.225 e. The Kier molecular flexibility index (Phi) is 4.26. The number of aryl methyl sites for hydroxylation is 1. The fraction of sp³-hybridized carbons (Fsp3) is 0.632. The van der Waals surface area contributed by atoms with Gasteiger partial charge in [0.15, 0.2) is 0 Å². The molecule has 0 N–H and O–H groups in total. The molecular formula is C19H28N2O. The second-order valence-corrected chi connectivity index (χ2v) is 7.55. The molecule has 0 aliphatic carbocycles. The van der Waals surface area contributed by atoms with Gasteiger partial charge in [-0.05, 0) is 37.4 Å². The highest BCUT2D eigenvalue weighted by Crippen LogP contribution is 2.40. The first-order chi connectivity index (χ1) is 10.5. The Morgan fingerprint density at radius 1 is 1.18 bits per heavy atom. The van der Waals surface area contributed by atoms with E-state index in [1.54, 1.807) is 0 Å². The Hall–Kier alpha value is -1.35. The van der Waals surface area contributed by atoms with Crippen molar-refractivity contribution in [1.82, 2.24) is 9.80 Å². The number of benzene rings is 1. The zero-order chi connectivity index (χ0) is 15.7. The van der Waals surface area contributed by atoms with Crippen LogP contribution in [-0.2, 0) is 11.3 Å². The van der Waals surface area contributed by atoms with E-state index >= 15 is 0 Å². The van der Waals surface area contributed by atoms with Gasteiger partial charge in [0.25, 0.3) is 0 Å². The second-order valence-electron chi connectivity index (χ2n) is 7.55. The standard InChI is InChI=1S/C19H28N2O/c1-15(2)18(22)21-11-9-19(14-21)8-10-20(13-19)12-17-7-5-4-6-16(17)3/h4-7,15H,8-14H2,1-3H3. The average Bonchev–Trinajstić information content (AvgIpc) is 3.08. The number of rotatable bonds is 3. The minimum absolute atomic E-state index is 0.125. The summed E-state index contributed by atoms with van der Waals surface area (Å²) >= 11 is 0. The molecule has 0 bridgehead atoms. The first-order valence-corrected chi connectivity index (χ1v) is 8.55. The highest BCUT2D eigenvalue weighted by molar-refractivity contribution is 5.78. The van der Waals surface area contributed by atoms with E-state index in [2.05, 4.69) is 41.0 Å². The minimum Gasteiger partial charge on any atom is -0.342 e. The van der Waals surface area contributed by atoms with Crippen LogP contribution in [0.15, 0.2) is 24.3 Å². The molecule has 2 heterocycles. The maximum absolute atomic E-state index is 12.2. The number of likely N-dealkylation sites (tertiary alicyclic amines) is 2. The van der Waals surface area contributed by atoms with E-state index < -0.39 is 0 Å². The van der Waals surface area contributed by atoms with Gasteiger partial charge >= 0.3 is 0 Å². The predicted molar refractivity (Wildman–Crippen MR) is 89.5 cm³/mol. The maximum atomic E-state index is 12.2. The number of carbonyl (C=O) groups excluding carboxylic acids is 1. The van der Waals surface area contributed by atoms with Crippen molar-refractivity contribution in [2.24, 2.45) is 11.3 Å². The van der Waals surface area contributed by atoms with Crippen molar-refractivity contribution in [3.8, 4) is 0 Å². The molecule has 3 nitrogen and oxygen atoms in total. The van der Waals surface area contributed by atoms with Crippen molar-refractivity contribution in [3.05, 3.63) is 35.4 Å². The van der Waals surface area contributed by atoms with E-state index in [0.29, 0.717) is 11.3 Å². The Morgan fingerprint density at radius 2 is 1.91 bits per heavy atom. The lowest BCUT2D eigenvalue weighted by atomic mass is 9.86. The van der Waals surface area contributed by atoms with Gasteiger partial charge in [-0.2, -0.15) is 0 Å². The molecule has 0 radical (unpaired) electrons. The first kappa shape index (κ1) is 15.5. The molecule has 0 aromatic heterocycles. The molecule has 1 aromatic carbocycles. The average molecular weight is 300 g/mol. The third kappa shape index (κ3) is 3.05. The summed E-state index contributed by atoms with van der Waals surface area (Å²) in [6, 6.07) is 8.67. The van der Waals surface area contributed by atoms with Crippen molar-refractivity contribution in [1.29, 1.82) is 0 Å². The van der Waals surface area contributed by atoms with Crippen LogP contribution in [0, 0.1) is 18.3 Å². The Balaban J connectivity index is 1.61. The molecule has 1 aromatic rings. The topological polar surface area (TPSA) is 23.6 Å². The summed E-state index contributed by atoms with van der Waals surface area (Å²) in [6.45, 7) is 11.5. The van der Waals surface area contributed by atoms with Crippen LogP contribution in [0.25, 0.3) is 0 Å². The second kappa shape index (κ2) is 6.04. The van der Waals surface area contributed by atoms with Gasteiger partial charge in [-0.3, -0.25) is 9.69 Å². The molecule has 3 heteroatoms. The molecule has 2 fully saturated rings. The van der Waals surface area contributed by atoms with Gasteiger partial charge in [0.2, 0.25) is 5.91 Å². The summed E-state index contributed by atoms with van der Waals surface area (Å²) in [5.41, 5.74) is 3.17. The van der Waals surface area contributed by atoms with E-state index in [0.717, 1.165) is 32.7 Å². The van der Waals surface area contributed by atoms with Crippen molar-refractivity contribution in [2.45, 2.75) is 40.2 Å². The Labute approximate surface area is 134 Å². The minimum atomic E-state index is 0.125. The number of nitrogens with zero attached hydrogens (tertiary/aromatic N) is 2. The van der Waals surface area contributed by atoms with Crippen molar-refractivity contribution >= 4 is 5.91 Å². The Morgan fingerprint density at radius 3 is 2.64 bits per heavy atom. The number of hydrogen-bond acceptors (Lipinski definition) is 2. The highest BCUT2D eigenvalue weighted by Gasteiger charge is 2.44. The molecule has 1 amide bonds. The van der Waals surface area contributed by atoms with Crippen LogP contribution in [0.3, 0.4) is 0 Å². The van der Waals surface area contributed by atoms with Crippen LogP contribution in [-0.4, -0.2) is 41.9 Å². The van der Waals surface area contributed by atoms with Crippen molar-refractivity contribution < 1.29 is 4.79 Å². The lowest BCUT2D eigenvalue weighted by Gasteiger charge is -2.25. The molecule has 2 saturated heterocycles. The first-order valence-electron chi connectivity index (χ1n) is 8.55. The van der Waals surface area contributed by atoms with E-state index in [1.807, 2.05) is 13.8 Å². The van der Waals surface area contributed by atoms with Crippen molar-refractivity contribution in [3.63, 3.8) is 0 Å². The lowest BCUT2D eigenvalue weighted by Crippen LogP contribution is -2.36. The van der Waals surface area contributed by atoms with Crippen LogP contribution in [0.2, 0.25) is 0 Å². The van der Waals surface area contributed by atoms with Crippen LogP contribution < -0.4 is 0 Å². The van der Waals surface area contributed by atoms with Gasteiger partial charge in [-0.25, -0.2) is 0 Å². The number of amides is 1. The van der Waals surface area contributed by atoms with Gasteiger partial charge in [0.05, 0.1) is 0 Å². The number of hydrogen-bond donors (Lipinski definition) is 0. The molecule has 22 heavy (non-hydrogen) atoms. The summed E-state index contributed by atoms with van der Waals surface area (Å²) in [5.74, 6) is 0.453. The van der Waals surface area contributed by atoms with Crippen LogP contribution in [0.1, 0.15) is 37.8 Å². The fourth-order valence-corrected chi connectivity index (χ4v) is 4.01. The van der Waals surface area contributed by atoms with Gasteiger partial charge in [-0.1, -0.05) is 38.1 Å². The summed E-state index contributed by atoms with van der Waals surface area (Å²) in [7, 11) is 0. The van der Waals surface area contributed by atoms with E-state index in [1.165, 1.54) is 24.0 Å². The fourth-order valence-electron chi connectivity index (χ4n) is 4.01. The molecule has 3 rings (SSSR count). The van der Waals surface area contributed by atoms with E-state index in [4.69, 9.17) is 0 Å². The molecular weight excluding hydrogens is 272 g/mol. The van der Waals surface area contributed by atoms with E-state index in [9.17, 15) is 4.79 Å². The zero-order valence-corrected chi connectivity index (χ0v) is 14.1. The van der Waals surface area contributed by atoms with Crippen LogP contribution in [0.5, 0.6) is 0 Å². The molecule has 1 spiro atoms. The third-order valence-electron chi connectivity index (χ3n) is 5.42. The summed E-state index contributed by atoms with van der Waals surface area (Å²) in [4.78, 5) is 16.9. The lowest BCUT2D eigenvalue weighted by molar-refractivity contribution is -0.133. The predicted octanol–water partition coefficient (Wildman–Crippen LogP) is 3.08. The molecule has 120 valence electrons. The van der Waals surface area contributed by atoms with Crippen LogP contribution >= 0.6 is 0 Å². The van der Waals surface area contributed by atoms with Gasteiger partial charge in [0.1, 0.15) is 0 Å². The van der Waals surface area contributed by atoms with Gasteiger partial charge in [0, 0.05) is 37.5 Å². The molecule has 0 saturated carbocycles. The SMILES string of the molecule is Cc1ccccc1CN1CCC2(CCN(C(=O)C(C)C)C2)C1. The smallest absolute Gasteiger partial charge is 0.225 e. The summed E-state index contributed by atoms with van der Waals surface area (Å²) in [6.07, 6.45) is 2.41. The number of carbonyl (C=O) groups is 1. The van der Waals surface area contributed by atoms with Gasteiger partial charge in [-0.15, -0.1) is 0 Å². The van der Waals surface area contributed by atoms with E-state index in [-0.39, 0.29) is 5.92 Å². The zero-order valence-electron chi connectivity index (χ0n) is 14.1. The largest absolute Gasteiger partial charge is 0.342 e. The molecule has 1 unspecified atom stereocenters.